The Labute approximate surface area is 179 Å². The van der Waals surface area contributed by atoms with Gasteiger partial charge in [-0.3, -0.25) is 4.52 Å². The van der Waals surface area contributed by atoms with Crippen molar-refractivity contribution in [3.8, 4) is 17.9 Å². The molecule has 0 fully saturated rings. The lowest BCUT2D eigenvalue weighted by Crippen LogP contribution is -2.44. The SMILES string of the molecule is CC(C)(C)OC(=O)N[C@@H](Cc1ccc(OP(O)(=S)OCC(C#N)C#N)cc1)C(=O)O. The summed E-state index contributed by atoms with van der Waals surface area (Å²) in [6.45, 7) is 0.862. The van der Waals surface area contributed by atoms with Gasteiger partial charge in [-0.15, -0.1) is 0 Å². The minimum atomic E-state index is -3.73. The molecule has 1 aromatic rings. The fourth-order valence-electron chi connectivity index (χ4n) is 2.00. The minimum Gasteiger partial charge on any atom is -0.480 e. The van der Waals surface area contributed by atoms with E-state index in [0.29, 0.717) is 5.56 Å². The van der Waals surface area contributed by atoms with E-state index in [0.717, 1.165) is 0 Å². The zero-order valence-electron chi connectivity index (χ0n) is 16.6. The fourth-order valence-corrected chi connectivity index (χ4v) is 3.22. The number of rotatable bonds is 9. The van der Waals surface area contributed by atoms with Crippen molar-refractivity contribution in [1.29, 1.82) is 10.5 Å². The van der Waals surface area contributed by atoms with Gasteiger partial charge in [-0.25, -0.2) is 9.59 Å². The third kappa shape index (κ3) is 9.68. The first-order valence-corrected chi connectivity index (χ1v) is 11.2. The van der Waals surface area contributed by atoms with E-state index in [1.165, 1.54) is 24.3 Å². The number of benzene rings is 1. The number of hydrogen-bond acceptors (Lipinski definition) is 8. The summed E-state index contributed by atoms with van der Waals surface area (Å²) in [7, 11) is 0. The second-order valence-electron chi connectivity index (χ2n) is 7.05. The van der Waals surface area contributed by atoms with Gasteiger partial charge in [-0.2, -0.15) is 10.5 Å². The van der Waals surface area contributed by atoms with Gasteiger partial charge in [0.1, 0.15) is 17.4 Å². The number of hydrogen-bond donors (Lipinski definition) is 3. The van der Waals surface area contributed by atoms with Crippen LogP contribution in [0.3, 0.4) is 0 Å². The van der Waals surface area contributed by atoms with Crippen LogP contribution < -0.4 is 9.84 Å². The molecule has 0 spiro atoms. The molecule has 3 N–H and O–H groups in total. The fraction of sp³-hybridized carbons (Fsp3) is 0.444. The standard InChI is InChI=1S/C18H22N3O7PS/c1-18(2,3)27-17(24)21-15(16(22)23)8-12-4-6-14(7-5-12)28-29(25,30)26-11-13(9-19)10-20/h4-7,13,15H,8,11H2,1-3H3,(H,21,24)(H,22,23)(H,25,30)/t15-,29?/m0/s1. The molecule has 0 aliphatic carbocycles. The average molecular weight is 455 g/mol. The molecule has 12 heteroatoms. The second kappa shape index (κ2) is 10.9. The lowest BCUT2D eigenvalue weighted by molar-refractivity contribution is -0.139. The predicted octanol–water partition coefficient (Wildman–Crippen LogP) is 2.48. The highest BCUT2D eigenvalue weighted by Crippen LogP contribution is 2.44. The number of carbonyl (C=O) groups excluding carboxylic acids is 1. The van der Waals surface area contributed by atoms with Crippen LogP contribution in [0.1, 0.15) is 26.3 Å². The van der Waals surface area contributed by atoms with Crippen molar-refractivity contribution in [3.05, 3.63) is 29.8 Å². The number of amides is 1. The summed E-state index contributed by atoms with van der Waals surface area (Å²) in [5.41, 5.74) is -0.203. The molecule has 1 aromatic carbocycles. The maximum Gasteiger partial charge on any atom is 0.408 e. The van der Waals surface area contributed by atoms with Gasteiger partial charge in [0.05, 0.1) is 18.7 Å². The van der Waals surface area contributed by atoms with Crippen molar-refractivity contribution in [1.82, 2.24) is 5.32 Å². The lowest BCUT2D eigenvalue weighted by atomic mass is 10.1. The van der Waals surface area contributed by atoms with Crippen LogP contribution in [0, 0.1) is 28.6 Å². The molecular weight excluding hydrogens is 433 g/mol. The first kappa shape index (κ1) is 25.3. The zero-order valence-corrected chi connectivity index (χ0v) is 18.3. The Balaban J connectivity index is 2.73. The smallest absolute Gasteiger partial charge is 0.408 e. The quantitative estimate of drug-likeness (QED) is 0.472. The number of carboxylic acid groups (broad SMARTS) is 1. The van der Waals surface area contributed by atoms with E-state index in [2.05, 4.69) is 5.32 Å². The van der Waals surface area contributed by atoms with Crippen LogP contribution in [0.5, 0.6) is 5.75 Å². The molecule has 0 radical (unpaired) electrons. The van der Waals surface area contributed by atoms with E-state index in [4.69, 9.17) is 36.1 Å². The molecule has 0 bridgehead atoms. The molecule has 1 unspecified atom stereocenters. The number of carboxylic acids is 1. The lowest BCUT2D eigenvalue weighted by Gasteiger charge is -2.22. The number of nitrogens with zero attached hydrogens (tertiary/aromatic N) is 2. The van der Waals surface area contributed by atoms with E-state index in [-0.39, 0.29) is 12.2 Å². The third-order valence-electron chi connectivity index (χ3n) is 3.29. The van der Waals surface area contributed by atoms with Crippen LogP contribution in [0.4, 0.5) is 4.79 Å². The van der Waals surface area contributed by atoms with Gasteiger partial charge < -0.3 is 24.6 Å². The number of aliphatic carboxylic acids is 1. The van der Waals surface area contributed by atoms with Crippen molar-refractivity contribution in [2.24, 2.45) is 5.92 Å². The van der Waals surface area contributed by atoms with E-state index in [9.17, 15) is 19.6 Å². The van der Waals surface area contributed by atoms with E-state index in [1.54, 1.807) is 32.9 Å². The maximum absolute atomic E-state index is 11.8. The maximum atomic E-state index is 11.8. The Kier molecular flexibility index (Phi) is 9.22. The molecule has 30 heavy (non-hydrogen) atoms. The van der Waals surface area contributed by atoms with Gasteiger partial charge >= 0.3 is 18.8 Å². The van der Waals surface area contributed by atoms with Crippen LogP contribution in [0.2, 0.25) is 0 Å². The summed E-state index contributed by atoms with van der Waals surface area (Å²) < 4.78 is 15.2. The molecule has 162 valence electrons. The largest absolute Gasteiger partial charge is 0.480 e. The van der Waals surface area contributed by atoms with Crippen molar-refractivity contribution in [3.63, 3.8) is 0 Å². The molecule has 0 saturated heterocycles. The zero-order chi connectivity index (χ0) is 22.9. The molecule has 0 heterocycles. The van der Waals surface area contributed by atoms with Gasteiger partial charge in [0, 0.05) is 18.2 Å². The number of carbonyl (C=O) groups is 2. The molecule has 2 atom stereocenters. The summed E-state index contributed by atoms with van der Waals surface area (Å²) >= 11 is 4.83. The molecule has 0 aliphatic rings. The van der Waals surface area contributed by atoms with Crippen LogP contribution in [-0.2, 0) is 32.3 Å². The van der Waals surface area contributed by atoms with Crippen LogP contribution in [-0.4, -0.2) is 40.3 Å². The Bertz CT molecular complexity index is 873. The van der Waals surface area contributed by atoms with E-state index >= 15 is 0 Å². The first-order valence-electron chi connectivity index (χ1n) is 8.62. The van der Waals surface area contributed by atoms with Gasteiger partial charge in [-0.1, -0.05) is 12.1 Å². The van der Waals surface area contributed by atoms with Gasteiger partial charge in [0.25, 0.3) is 0 Å². The Morgan fingerprint density at radius 1 is 1.23 bits per heavy atom. The summed E-state index contributed by atoms with van der Waals surface area (Å²) in [5.74, 6) is -2.16. The van der Waals surface area contributed by atoms with E-state index in [1.807, 2.05) is 0 Å². The van der Waals surface area contributed by atoms with Crippen LogP contribution in [0.25, 0.3) is 0 Å². The monoisotopic (exact) mass is 455 g/mol. The Morgan fingerprint density at radius 2 is 1.80 bits per heavy atom. The molecule has 0 aliphatic heterocycles. The van der Waals surface area contributed by atoms with Crippen molar-refractivity contribution >= 4 is 30.6 Å². The van der Waals surface area contributed by atoms with Gasteiger partial charge in [-0.05, 0) is 38.5 Å². The Hall–Kier alpha value is -2.69. The van der Waals surface area contributed by atoms with Crippen molar-refractivity contribution < 1.29 is 33.4 Å². The molecule has 0 aromatic heterocycles. The normalized spacial score (nSPS) is 14.0. The van der Waals surface area contributed by atoms with E-state index < -0.39 is 42.9 Å². The highest BCUT2D eigenvalue weighted by atomic mass is 32.5. The molecular formula is C18H22N3O7PS. The van der Waals surface area contributed by atoms with Crippen LogP contribution >= 0.6 is 6.72 Å². The summed E-state index contributed by atoms with van der Waals surface area (Å²) in [6.07, 6.45) is -0.869. The molecule has 10 nitrogen and oxygen atoms in total. The predicted molar refractivity (Wildman–Crippen MR) is 109 cm³/mol. The Morgan fingerprint density at radius 3 is 2.27 bits per heavy atom. The summed E-state index contributed by atoms with van der Waals surface area (Å²) in [5, 5.41) is 29.0. The number of alkyl carbamates (subject to hydrolysis) is 1. The second-order valence-corrected chi connectivity index (χ2v) is 9.81. The van der Waals surface area contributed by atoms with Crippen molar-refractivity contribution in [2.75, 3.05) is 6.61 Å². The molecule has 1 amide bonds. The highest BCUT2D eigenvalue weighted by molar-refractivity contribution is 8.07. The minimum absolute atomic E-state index is 0.0232. The summed E-state index contributed by atoms with van der Waals surface area (Å²) in [6, 6.07) is 8.09. The first-order chi connectivity index (χ1) is 13.8. The molecule has 0 saturated carbocycles. The van der Waals surface area contributed by atoms with Crippen LogP contribution in [0.15, 0.2) is 24.3 Å². The number of nitrogens with one attached hydrogen (secondary N) is 1. The number of nitriles is 2. The van der Waals surface area contributed by atoms with Crippen molar-refractivity contribution in [2.45, 2.75) is 38.8 Å². The van der Waals surface area contributed by atoms with Gasteiger partial charge in [0.15, 0.2) is 5.92 Å². The highest BCUT2D eigenvalue weighted by Gasteiger charge is 2.24. The van der Waals surface area contributed by atoms with Gasteiger partial charge in [0.2, 0.25) is 0 Å². The third-order valence-corrected chi connectivity index (χ3v) is 4.75. The average Bonchev–Trinajstić information content (AvgIpc) is 2.61. The number of ether oxygens (including phenoxy) is 1. The topological polar surface area (TPSA) is 162 Å². The molecule has 1 rings (SSSR count). The summed E-state index contributed by atoms with van der Waals surface area (Å²) in [4.78, 5) is 33.3.